The van der Waals surface area contributed by atoms with Gasteiger partial charge >= 0.3 is 0 Å². The Morgan fingerprint density at radius 1 is 0.532 bits per heavy atom. The van der Waals surface area contributed by atoms with Gasteiger partial charge in [-0.25, -0.2) is 0 Å². The number of hydrogen-bond donors (Lipinski definition) is 0. The molecule has 218 valence electrons. The molecule has 0 atom stereocenters. The molecule has 0 N–H and O–H groups in total. The summed E-state index contributed by atoms with van der Waals surface area (Å²) < 4.78 is 11.0. The zero-order valence-corrected chi connectivity index (χ0v) is 25.9. The molecule has 3 aromatic heterocycles. The number of para-hydroxylation sites is 3. The lowest BCUT2D eigenvalue weighted by atomic mass is 9.96. The Kier molecular flexibility index (Phi) is 5.51. The molecule has 0 saturated heterocycles. The quantitative estimate of drug-likeness (QED) is 0.198. The van der Waals surface area contributed by atoms with Crippen LogP contribution in [0.2, 0.25) is 0 Å². The van der Waals surface area contributed by atoms with Gasteiger partial charge < -0.3 is 8.98 Å². The van der Waals surface area contributed by atoms with Crippen LogP contribution in [0.4, 0.5) is 0 Å². The summed E-state index contributed by atoms with van der Waals surface area (Å²) in [5.74, 6) is 0. The minimum Gasteiger partial charge on any atom is -0.455 e. The van der Waals surface area contributed by atoms with Crippen LogP contribution in [0.25, 0.3) is 91.9 Å². The smallest absolute Gasteiger partial charge is 0.143 e. The van der Waals surface area contributed by atoms with E-state index in [9.17, 15) is 5.26 Å². The van der Waals surface area contributed by atoms with Gasteiger partial charge in [-0.3, -0.25) is 0 Å². The number of hydrogen-bond acceptors (Lipinski definition) is 3. The van der Waals surface area contributed by atoms with Gasteiger partial charge in [-0.15, -0.1) is 11.3 Å². The number of thiophene rings is 1. The molecular weight excluding hydrogens is 593 g/mol. The van der Waals surface area contributed by atoms with Gasteiger partial charge in [0.05, 0.1) is 31.7 Å². The number of nitrogens with zero attached hydrogens (tertiary/aromatic N) is 2. The number of benzene rings is 7. The van der Waals surface area contributed by atoms with E-state index in [0.717, 1.165) is 70.0 Å². The van der Waals surface area contributed by atoms with Crippen molar-refractivity contribution in [2.24, 2.45) is 0 Å². The molecule has 0 amide bonds. The van der Waals surface area contributed by atoms with Crippen LogP contribution in [0.15, 0.2) is 150 Å². The maximum Gasteiger partial charge on any atom is 0.143 e. The minimum atomic E-state index is 0.682. The van der Waals surface area contributed by atoms with E-state index < -0.39 is 0 Å². The summed E-state index contributed by atoms with van der Waals surface area (Å²) in [6.07, 6.45) is 0. The summed E-state index contributed by atoms with van der Waals surface area (Å²) in [5.41, 5.74) is 10.3. The fourth-order valence-electron chi connectivity index (χ4n) is 7.38. The Morgan fingerprint density at radius 2 is 1.28 bits per heavy atom. The summed E-state index contributed by atoms with van der Waals surface area (Å²) in [6, 6.07) is 53.6. The third-order valence-electron chi connectivity index (χ3n) is 9.46. The molecule has 7 aromatic carbocycles. The standard InChI is InChI=1S/C43H24N2OS/c44-25-28-21-23-32(34-15-8-14-33-31-13-5-7-19-39(31)46-41(33)34)40-35-16-9-18-37(43(35)47-42(28)40)45-36-17-6-4-12-29(36)30-22-20-27(24-38(30)45)26-10-2-1-3-11-26/h1-24H. The van der Waals surface area contributed by atoms with Crippen LogP contribution in [0.1, 0.15) is 5.56 Å². The Balaban J connectivity index is 1.30. The molecule has 0 aliphatic carbocycles. The lowest BCUT2D eigenvalue weighted by molar-refractivity contribution is 0.670. The van der Waals surface area contributed by atoms with E-state index in [1.165, 1.54) is 21.9 Å². The highest BCUT2D eigenvalue weighted by molar-refractivity contribution is 7.26. The molecule has 0 unspecified atom stereocenters. The minimum absolute atomic E-state index is 0.682. The lowest BCUT2D eigenvalue weighted by Crippen LogP contribution is -1.94. The van der Waals surface area contributed by atoms with E-state index in [2.05, 4.69) is 138 Å². The third kappa shape index (κ3) is 3.72. The van der Waals surface area contributed by atoms with Crippen LogP contribution < -0.4 is 0 Å². The summed E-state index contributed by atoms with van der Waals surface area (Å²) in [7, 11) is 0. The SMILES string of the molecule is N#Cc1ccc(-c2cccc3c2oc2ccccc23)c2c1sc1c(-n3c4ccccc4c4ccc(-c5ccccc5)cc43)cccc12. The van der Waals surface area contributed by atoms with Crippen LogP contribution in [0.5, 0.6) is 0 Å². The maximum absolute atomic E-state index is 10.3. The lowest BCUT2D eigenvalue weighted by Gasteiger charge is -2.11. The Hall–Kier alpha value is -6.15. The van der Waals surface area contributed by atoms with Gasteiger partial charge in [0.2, 0.25) is 0 Å². The van der Waals surface area contributed by atoms with Gasteiger partial charge in [-0.1, -0.05) is 115 Å². The molecule has 0 aliphatic rings. The molecule has 10 aromatic rings. The molecule has 3 nitrogen and oxygen atoms in total. The van der Waals surface area contributed by atoms with Crippen LogP contribution in [0.3, 0.4) is 0 Å². The first-order chi connectivity index (χ1) is 23.3. The molecule has 0 radical (unpaired) electrons. The van der Waals surface area contributed by atoms with Crippen molar-refractivity contribution >= 4 is 75.3 Å². The summed E-state index contributed by atoms with van der Waals surface area (Å²) in [6.45, 7) is 0. The number of rotatable bonds is 3. The highest BCUT2D eigenvalue weighted by atomic mass is 32.1. The van der Waals surface area contributed by atoms with E-state index in [-0.39, 0.29) is 0 Å². The number of furan rings is 1. The number of fused-ring (bicyclic) bond motifs is 9. The summed E-state index contributed by atoms with van der Waals surface area (Å²) in [5, 5.41) is 17.1. The average Bonchev–Trinajstić information content (AvgIpc) is 3.81. The first-order valence-corrected chi connectivity index (χ1v) is 16.5. The van der Waals surface area contributed by atoms with Crippen LogP contribution in [-0.2, 0) is 0 Å². The molecule has 0 spiro atoms. The van der Waals surface area contributed by atoms with Crippen LogP contribution in [0, 0.1) is 11.3 Å². The van der Waals surface area contributed by atoms with E-state index in [4.69, 9.17) is 4.42 Å². The maximum atomic E-state index is 10.3. The fraction of sp³-hybridized carbons (Fsp3) is 0. The zero-order chi connectivity index (χ0) is 31.1. The van der Waals surface area contributed by atoms with Crippen LogP contribution in [-0.4, -0.2) is 4.57 Å². The monoisotopic (exact) mass is 616 g/mol. The Morgan fingerprint density at radius 3 is 2.17 bits per heavy atom. The number of nitriles is 1. The van der Waals surface area contributed by atoms with E-state index >= 15 is 0 Å². The third-order valence-corrected chi connectivity index (χ3v) is 10.7. The fourth-order valence-corrected chi connectivity index (χ4v) is 8.67. The molecule has 0 fully saturated rings. The molecule has 47 heavy (non-hydrogen) atoms. The second kappa shape index (κ2) is 9.92. The van der Waals surface area contributed by atoms with Gasteiger partial charge in [-0.05, 0) is 47.0 Å². The summed E-state index contributed by atoms with van der Waals surface area (Å²) in [4.78, 5) is 0. The van der Waals surface area contributed by atoms with Crippen molar-refractivity contribution in [1.82, 2.24) is 4.57 Å². The van der Waals surface area contributed by atoms with Crippen molar-refractivity contribution in [2.75, 3.05) is 0 Å². The second-order valence-corrected chi connectivity index (χ2v) is 13.0. The van der Waals surface area contributed by atoms with Gasteiger partial charge in [0.25, 0.3) is 0 Å². The summed E-state index contributed by atoms with van der Waals surface area (Å²) >= 11 is 1.70. The van der Waals surface area contributed by atoms with Crippen molar-refractivity contribution in [2.45, 2.75) is 0 Å². The second-order valence-electron chi connectivity index (χ2n) is 12.0. The van der Waals surface area contributed by atoms with Crippen molar-refractivity contribution in [3.8, 4) is 34.0 Å². The predicted octanol–water partition coefficient (Wildman–Crippen LogP) is 12.3. The zero-order valence-electron chi connectivity index (χ0n) is 25.1. The average molecular weight is 617 g/mol. The topological polar surface area (TPSA) is 41.9 Å². The van der Waals surface area contributed by atoms with Crippen molar-refractivity contribution in [1.29, 1.82) is 5.26 Å². The highest BCUT2D eigenvalue weighted by Gasteiger charge is 2.22. The van der Waals surface area contributed by atoms with Gasteiger partial charge in [0.15, 0.2) is 0 Å². The molecule has 3 heterocycles. The molecule has 0 aliphatic heterocycles. The largest absolute Gasteiger partial charge is 0.455 e. The van der Waals surface area contributed by atoms with Crippen molar-refractivity contribution in [3.05, 3.63) is 151 Å². The number of aromatic nitrogens is 1. The molecule has 10 rings (SSSR count). The first-order valence-electron chi connectivity index (χ1n) is 15.7. The van der Waals surface area contributed by atoms with Crippen molar-refractivity contribution < 1.29 is 4.42 Å². The normalized spacial score (nSPS) is 11.8. The molecule has 0 bridgehead atoms. The highest BCUT2D eigenvalue weighted by Crippen LogP contribution is 2.47. The first kappa shape index (κ1) is 26.1. The molecule has 0 saturated carbocycles. The molecule has 4 heteroatoms. The Bertz CT molecular complexity index is 2920. The predicted molar refractivity (Wildman–Crippen MR) is 197 cm³/mol. The van der Waals surface area contributed by atoms with Gasteiger partial charge in [-0.2, -0.15) is 5.26 Å². The van der Waals surface area contributed by atoms with Gasteiger partial charge in [0, 0.05) is 37.9 Å². The van der Waals surface area contributed by atoms with E-state index in [0.29, 0.717) is 5.56 Å². The van der Waals surface area contributed by atoms with E-state index in [1.807, 2.05) is 18.2 Å². The van der Waals surface area contributed by atoms with Gasteiger partial charge in [0.1, 0.15) is 17.2 Å². The van der Waals surface area contributed by atoms with E-state index in [1.54, 1.807) is 11.3 Å². The van der Waals surface area contributed by atoms with Crippen molar-refractivity contribution in [3.63, 3.8) is 0 Å². The van der Waals surface area contributed by atoms with Crippen LogP contribution >= 0.6 is 11.3 Å². The molecular formula is C43H24N2OS. The Labute approximate surface area is 273 Å².